The fourth-order valence-corrected chi connectivity index (χ4v) is 2.82. The predicted octanol–water partition coefficient (Wildman–Crippen LogP) is 3.55. The summed E-state index contributed by atoms with van der Waals surface area (Å²) in [7, 11) is 2.61. The highest BCUT2D eigenvalue weighted by molar-refractivity contribution is 8.76. The highest BCUT2D eigenvalue weighted by Crippen LogP contribution is 2.36. The molecule has 0 aliphatic rings. The highest BCUT2D eigenvalue weighted by Gasteiger charge is 2.01. The van der Waals surface area contributed by atoms with E-state index in [0.29, 0.717) is 9.79 Å². The Kier molecular flexibility index (Phi) is 3.74. The van der Waals surface area contributed by atoms with Gasteiger partial charge in [-0.05, 0) is 12.1 Å². The van der Waals surface area contributed by atoms with Crippen LogP contribution in [0.15, 0.2) is 46.7 Å². The van der Waals surface area contributed by atoms with Crippen molar-refractivity contribution in [3.8, 4) is 0 Å². The number of halogens is 2. The Morgan fingerprint density at radius 1 is 0.750 bits per heavy atom. The van der Waals surface area contributed by atoms with E-state index >= 15 is 0 Å². The fourth-order valence-electron chi connectivity index (χ4n) is 0.972. The van der Waals surface area contributed by atoms with Gasteiger partial charge in [0.1, 0.15) is 11.6 Å². The van der Waals surface area contributed by atoms with Crippen LogP contribution in [-0.4, -0.2) is 9.97 Å². The van der Waals surface area contributed by atoms with Crippen molar-refractivity contribution in [1.82, 2.24) is 9.97 Å². The van der Waals surface area contributed by atoms with Crippen LogP contribution < -0.4 is 0 Å². The van der Waals surface area contributed by atoms with E-state index in [9.17, 15) is 8.78 Å². The molecule has 0 atom stereocenters. The summed E-state index contributed by atoms with van der Waals surface area (Å²) in [5.41, 5.74) is 0. The quantitative estimate of drug-likeness (QED) is 0.784. The molecule has 6 heteroatoms. The summed E-state index contributed by atoms with van der Waals surface area (Å²) in [6.07, 6.45) is 5.37. The van der Waals surface area contributed by atoms with E-state index in [-0.39, 0.29) is 11.6 Å². The molecule has 2 nitrogen and oxygen atoms in total. The van der Waals surface area contributed by atoms with Crippen LogP contribution in [0.25, 0.3) is 0 Å². The number of nitrogens with zero attached hydrogens (tertiary/aromatic N) is 2. The molecule has 0 radical (unpaired) electrons. The molecular formula is C10H6F2N2S2. The van der Waals surface area contributed by atoms with Gasteiger partial charge in [0.05, 0.1) is 12.4 Å². The molecule has 16 heavy (non-hydrogen) atoms. The normalized spacial score (nSPS) is 10.4. The molecule has 2 aromatic heterocycles. The highest BCUT2D eigenvalue weighted by atomic mass is 33.1. The first-order valence-corrected chi connectivity index (χ1v) is 6.44. The van der Waals surface area contributed by atoms with E-state index < -0.39 is 0 Å². The maximum absolute atomic E-state index is 12.8. The third-order valence-corrected chi connectivity index (χ3v) is 3.91. The van der Waals surface area contributed by atoms with Crippen LogP contribution in [0.3, 0.4) is 0 Å². The van der Waals surface area contributed by atoms with Crippen molar-refractivity contribution < 1.29 is 8.78 Å². The zero-order valence-electron chi connectivity index (χ0n) is 7.93. The van der Waals surface area contributed by atoms with E-state index in [1.165, 1.54) is 33.7 Å². The molecule has 0 N–H and O–H groups in total. The average Bonchev–Trinajstić information content (AvgIpc) is 2.27. The SMILES string of the molecule is Fc1cncc(SSc2cncc(F)c2)c1. The maximum Gasteiger partial charge on any atom is 0.142 e. The van der Waals surface area contributed by atoms with Gasteiger partial charge < -0.3 is 0 Å². The monoisotopic (exact) mass is 256 g/mol. The Hall–Kier alpha value is -1.14. The third kappa shape index (κ3) is 3.18. The van der Waals surface area contributed by atoms with Gasteiger partial charge in [-0.15, -0.1) is 0 Å². The summed E-state index contributed by atoms with van der Waals surface area (Å²) in [4.78, 5) is 8.78. The lowest BCUT2D eigenvalue weighted by molar-refractivity contribution is 0.616. The Morgan fingerprint density at radius 2 is 1.19 bits per heavy atom. The first kappa shape index (κ1) is 11.3. The molecule has 0 spiro atoms. The molecular weight excluding hydrogens is 250 g/mol. The molecule has 0 amide bonds. The summed E-state index contributed by atoms with van der Waals surface area (Å²) in [6, 6.07) is 2.74. The summed E-state index contributed by atoms with van der Waals surface area (Å²) in [5, 5.41) is 0. The van der Waals surface area contributed by atoms with Gasteiger partial charge in [0.2, 0.25) is 0 Å². The van der Waals surface area contributed by atoms with Gasteiger partial charge in [-0.3, -0.25) is 9.97 Å². The number of hydrogen-bond acceptors (Lipinski definition) is 4. The zero-order valence-corrected chi connectivity index (χ0v) is 9.56. The van der Waals surface area contributed by atoms with E-state index in [1.54, 1.807) is 12.4 Å². The Morgan fingerprint density at radius 3 is 1.56 bits per heavy atom. The molecule has 0 aliphatic heterocycles. The van der Waals surface area contributed by atoms with Crippen LogP contribution in [0.4, 0.5) is 8.78 Å². The van der Waals surface area contributed by atoms with Gasteiger partial charge >= 0.3 is 0 Å². The summed E-state index contributed by atoms with van der Waals surface area (Å²) >= 11 is 0. The van der Waals surface area contributed by atoms with Crippen LogP contribution in [0.2, 0.25) is 0 Å². The van der Waals surface area contributed by atoms with Crippen molar-refractivity contribution in [2.24, 2.45) is 0 Å². The van der Waals surface area contributed by atoms with Gasteiger partial charge in [0.25, 0.3) is 0 Å². The van der Waals surface area contributed by atoms with Gasteiger partial charge in [0.15, 0.2) is 0 Å². The van der Waals surface area contributed by atoms with E-state index in [1.807, 2.05) is 0 Å². The van der Waals surface area contributed by atoms with Gasteiger partial charge in [-0.2, -0.15) is 0 Å². The van der Waals surface area contributed by atoms with Crippen molar-refractivity contribution >= 4 is 21.6 Å². The average molecular weight is 256 g/mol. The van der Waals surface area contributed by atoms with Crippen molar-refractivity contribution in [1.29, 1.82) is 0 Å². The fraction of sp³-hybridized carbons (Fsp3) is 0. The van der Waals surface area contributed by atoms with Crippen LogP contribution in [0, 0.1) is 11.6 Å². The molecule has 0 fully saturated rings. The summed E-state index contributed by atoms with van der Waals surface area (Å²) in [5.74, 6) is -0.772. The summed E-state index contributed by atoms with van der Waals surface area (Å²) < 4.78 is 25.6. The Labute approximate surface area is 98.9 Å². The number of hydrogen-bond donors (Lipinski definition) is 0. The minimum atomic E-state index is -0.386. The van der Waals surface area contributed by atoms with Crippen molar-refractivity contribution in [3.05, 3.63) is 48.6 Å². The molecule has 2 heterocycles. The molecule has 0 bridgehead atoms. The molecule has 0 aromatic carbocycles. The third-order valence-electron chi connectivity index (χ3n) is 1.59. The smallest absolute Gasteiger partial charge is 0.142 e. The first-order valence-electron chi connectivity index (χ1n) is 4.30. The first-order chi connectivity index (χ1) is 7.74. The van der Waals surface area contributed by atoms with E-state index in [0.717, 1.165) is 12.4 Å². The lowest BCUT2D eigenvalue weighted by atomic mass is 10.5. The largest absolute Gasteiger partial charge is 0.260 e. The second kappa shape index (κ2) is 5.27. The number of pyridine rings is 2. The number of rotatable bonds is 3. The lowest BCUT2D eigenvalue weighted by Gasteiger charge is -2.00. The molecule has 0 saturated heterocycles. The van der Waals surface area contributed by atoms with Gasteiger partial charge in [-0.25, -0.2) is 8.78 Å². The van der Waals surface area contributed by atoms with E-state index in [2.05, 4.69) is 9.97 Å². The minimum absolute atomic E-state index is 0.386. The van der Waals surface area contributed by atoms with Crippen molar-refractivity contribution in [2.75, 3.05) is 0 Å². The minimum Gasteiger partial charge on any atom is -0.260 e. The molecule has 0 unspecified atom stereocenters. The zero-order chi connectivity index (χ0) is 11.4. The standard InChI is InChI=1S/C10H6F2N2S2/c11-7-1-9(5-13-3-7)15-16-10-2-8(12)4-14-6-10/h1-6H. The van der Waals surface area contributed by atoms with Gasteiger partial charge in [-0.1, -0.05) is 21.6 Å². The van der Waals surface area contributed by atoms with Crippen LogP contribution in [0.1, 0.15) is 0 Å². The predicted molar refractivity (Wildman–Crippen MR) is 60.1 cm³/mol. The van der Waals surface area contributed by atoms with E-state index in [4.69, 9.17) is 0 Å². The Bertz CT molecular complexity index is 448. The molecule has 82 valence electrons. The molecule has 2 rings (SSSR count). The van der Waals surface area contributed by atoms with Crippen LogP contribution in [0.5, 0.6) is 0 Å². The second-order valence-electron chi connectivity index (χ2n) is 2.84. The Balaban J connectivity index is 2.02. The molecule has 0 saturated carbocycles. The molecule has 0 aliphatic carbocycles. The van der Waals surface area contributed by atoms with Gasteiger partial charge in [0, 0.05) is 22.2 Å². The molecule has 2 aromatic rings. The topological polar surface area (TPSA) is 25.8 Å². The van der Waals surface area contributed by atoms with Crippen molar-refractivity contribution in [2.45, 2.75) is 9.79 Å². The second-order valence-corrected chi connectivity index (χ2v) is 5.12. The maximum atomic E-state index is 12.8. The number of aromatic nitrogens is 2. The van der Waals surface area contributed by atoms with Crippen LogP contribution >= 0.6 is 21.6 Å². The lowest BCUT2D eigenvalue weighted by Crippen LogP contribution is -1.79. The van der Waals surface area contributed by atoms with Crippen molar-refractivity contribution in [3.63, 3.8) is 0 Å². The summed E-state index contributed by atoms with van der Waals surface area (Å²) in [6.45, 7) is 0. The van der Waals surface area contributed by atoms with Crippen LogP contribution in [-0.2, 0) is 0 Å².